The summed E-state index contributed by atoms with van der Waals surface area (Å²) in [5.74, 6) is 0.387. The van der Waals surface area contributed by atoms with Gasteiger partial charge in [-0.1, -0.05) is 61.7 Å². The second-order valence-electron chi connectivity index (χ2n) is 8.81. The second-order valence-corrected chi connectivity index (χ2v) is 9.22. The molecule has 2 heterocycles. The highest BCUT2D eigenvalue weighted by Crippen LogP contribution is 2.42. The molecule has 0 aliphatic carbocycles. The molecule has 0 saturated carbocycles. The summed E-state index contributed by atoms with van der Waals surface area (Å²) in [5, 5.41) is 0.988. The fourth-order valence-electron chi connectivity index (χ4n) is 4.55. The zero-order chi connectivity index (χ0) is 24.5. The van der Waals surface area contributed by atoms with Gasteiger partial charge in [-0.2, -0.15) is 0 Å². The van der Waals surface area contributed by atoms with Crippen molar-refractivity contribution in [3.05, 3.63) is 104 Å². The van der Waals surface area contributed by atoms with Crippen LogP contribution in [0.4, 0.5) is 5.69 Å². The van der Waals surface area contributed by atoms with Gasteiger partial charge in [-0.05, 0) is 60.9 Å². The summed E-state index contributed by atoms with van der Waals surface area (Å²) in [6, 6.07) is 19.4. The standard InChI is InChI=1S/C29H26ClNO4/c1-3-4-7-15-34-21-10-8-9-19(16-21)26-25-27(32)22-11-5-6-12-24(22)35-28(25)29(33)31(26)20-14-13-18(2)23(30)17-20/h5-6,8-14,16-17,26H,3-4,7,15H2,1-2H3. The molecular weight excluding hydrogens is 462 g/mol. The SMILES string of the molecule is CCCCCOc1cccc(C2c3c(oc4ccccc4c3=O)C(=O)N2c2ccc(C)c(Cl)c2)c1. The third-order valence-corrected chi connectivity index (χ3v) is 6.81. The Bertz CT molecular complexity index is 1480. The van der Waals surface area contributed by atoms with Gasteiger partial charge in [0, 0.05) is 10.7 Å². The van der Waals surface area contributed by atoms with Crippen LogP contribution in [0.5, 0.6) is 5.75 Å². The molecule has 1 amide bonds. The highest BCUT2D eigenvalue weighted by Gasteiger charge is 2.43. The monoisotopic (exact) mass is 487 g/mol. The number of aryl methyl sites for hydroxylation is 1. The molecule has 0 N–H and O–H groups in total. The van der Waals surface area contributed by atoms with E-state index in [1.54, 1.807) is 35.2 Å². The summed E-state index contributed by atoms with van der Waals surface area (Å²) >= 11 is 6.43. The molecule has 35 heavy (non-hydrogen) atoms. The second kappa shape index (κ2) is 9.59. The maximum absolute atomic E-state index is 13.7. The third-order valence-electron chi connectivity index (χ3n) is 6.40. The van der Waals surface area contributed by atoms with Gasteiger partial charge < -0.3 is 9.15 Å². The highest BCUT2D eigenvalue weighted by atomic mass is 35.5. The number of amides is 1. The van der Waals surface area contributed by atoms with Gasteiger partial charge in [0.1, 0.15) is 11.3 Å². The van der Waals surface area contributed by atoms with Crippen LogP contribution in [0.1, 0.15) is 59.5 Å². The largest absolute Gasteiger partial charge is 0.494 e. The van der Waals surface area contributed by atoms with Gasteiger partial charge in [0.05, 0.1) is 23.6 Å². The Labute approximate surface area is 208 Å². The highest BCUT2D eigenvalue weighted by molar-refractivity contribution is 6.31. The third kappa shape index (κ3) is 4.21. The van der Waals surface area contributed by atoms with Crippen LogP contribution in [0.25, 0.3) is 11.0 Å². The first-order valence-corrected chi connectivity index (χ1v) is 12.3. The molecular formula is C29H26ClNO4. The number of anilines is 1. The van der Waals surface area contributed by atoms with Gasteiger partial charge in [-0.25, -0.2) is 0 Å². The van der Waals surface area contributed by atoms with E-state index in [1.807, 2.05) is 43.3 Å². The van der Waals surface area contributed by atoms with Crippen LogP contribution in [0.3, 0.4) is 0 Å². The van der Waals surface area contributed by atoms with Crippen molar-refractivity contribution in [2.45, 2.75) is 39.2 Å². The maximum Gasteiger partial charge on any atom is 0.295 e. The van der Waals surface area contributed by atoms with Crippen molar-refractivity contribution in [2.75, 3.05) is 11.5 Å². The van der Waals surface area contributed by atoms with Gasteiger partial charge in [-0.15, -0.1) is 0 Å². The number of fused-ring (bicyclic) bond motifs is 2. The van der Waals surface area contributed by atoms with E-state index in [1.165, 1.54) is 0 Å². The Morgan fingerprint density at radius 1 is 1.00 bits per heavy atom. The van der Waals surface area contributed by atoms with E-state index in [2.05, 4.69) is 6.92 Å². The molecule has 0 bridgehead atoms. The fraction of sp³-hybridized carbons (Fsp3) is 0.241. The Morgan fingerprint density at radius 2 is 1.83 bits per heavy atom. The van der Waals surface area contributed by atoms with Crippen LogP contribution in [0.2, 0.25) is 5.02 Å². The number of hydrogen-bond acceptors (Lipinski definition) is 4. The molecule has 1 atom stereocenters. The number of unbranched alkanes of at least 4 members (excludes halogenated alkanes) is 2. The van der Waals surface area contributed by atoms with E-state index in [0.29, 0.717) is 39.6 Å². The molecule has 6 heteroatoms. The first kappa shape index (κ1) is 23.2. The van der Waals surface area contributed by atoms with Crippen LogP contribution >= 0.6 is 11.6 Å². The fourth-order valence-corrected chi connectivity index (χ4v) is 4.72. The number of benzene rings is 3. The number of ether oxygens (including phenoxy) is 1. The van der Waals surface area contributed by atoms with E-state index >= 15 is 0 Å². The Kier molecular flexibility index (Phi) is 6.35. The van der Waals surface area contributed by atoms with Crippen LogP contribution in [-0.2, 0) is 0 Å². The van der Waals surface area contributed by atoms with Crippen molar-refractivity contribution in [3.63, 3.8) is 0 Å². The van der Waals surface area contributed by atoms with Gasteiger partial charge >= 0.3 is 0 Å². The smallest absolute Gasteiger partial charge is 0.295 e. The Hall–Kier alpha value is -3.57. The summed E-state index contributed by atoms with van der Waals surface area (Å²) in [6.07, 6.45) is 3.18. The number of carbonyl (C=O) groups excluding carboxylic acids is 1. The van der Waals surface area contributed by atoms with Gasteiger partial charge in [0.15, 0.2) is 5.43 Å². The number of nitrogens with zero attached hydrogens (tertiary/aromatic N) is 1. The first-order valence-electron chi connectivity index (χ1n) is 11.9. The lowest BCUT2D eigenvalue weighted by atomic mass is 9.98. The normalized spacial score (nSPS) is 15.0. The van der Waals surface area contributed by atoms with E-state index in [4.69, 9.17) is 20.8 Å². The summed E-state index contributed by atoms with van der Waals surface area (Å²) in [5.41, 5.74) is 2.77. The quantitative estimate of drug-likeness (QED) is 0.261. The lowest BCUT2D eigenvalue weighted by Crippen LogP contribution is -2.29. The van der Waals surface area contributed by atoms with Crippen molar-refractivity contribution >= 4 is 34.2 Å². The van der Waals surface area contributed by atoms with Crippen LogP contribution in [-0.4, -0.2) is 12.5 Å². The van der Waals surface area contributed by atoms with Gasteiger partial charge in [-0.3, -0.25) is 14.5 Å². The van der Waals surface area contributed by atoms with Crippen molar-refractivity contribution in [3.8, 4) is 5.75 Å². The molecule has 1 aliphatic heterocycles. The molecule has 4 aromatic rings. The van der Waals surface area contributed by atoms with E-state index in [9.17, 15) is 9.59 Å². The minimum Gasteiger partial charge on any atom is -0.494 e. The van der Waals surface area contributed by atoms with Gasteiger partial charge in [0.25, 0.3) is 5.91 Å². The van der Waals surface area contributed by atoms with Crippen LogP contribution in [0.15, 0.2) is 75.9 Å². The molecule has 0 fully saturated rings. The van der Waals surface area contributed by atoms with Crippen molar-refractivity contribution in [2.24, 2.45) is 0 Å². The molecule has 0 radical (unpaired) electrons. The zero-order valence-corrected chi connectivity index (χ0v) is 20.5. The lowest BCUT2D eigenvalue weighted by Gasteiger charge is -2.26. The molecule has 3 aromatic carbocycles. The van der Waals surface area contributed by atoms with Crippen molar-refractivity contribution in [1.29, 1.82) is 0 Å². The molecule has 178 valence electrons. The van der Waals surface area contributed by atoms with Crippen LogP contribution < -0.4 is 15.1 Å². The minimum absolute atomic E-state index is 0.0599. The zero-order valence-electron chi connectivity index (χ0n) is 19.7. The van der Waals surface area contributed by atoms with E-state index in [-0.39, 0.29) is 17.1 Å². The Morgan fingerprint density at radius 3 is 2.63 bits per heavy atom. The summed E-state index contributed by atoms with van der Waals surface area (Å²) in [7, 11) is 0. The predicted octanol–water partition coefficient (Wildman–Crippen LogP) is 7.07. The average molecular weight is 488 g/mol. The van der Waals surface area contributed by atoms with Crippen LogP contribution in [0, 0.1) is 6.92 Å². The van der Waals surface area contributed by atoms with Crippen molar-refractivity contribution < 1.29 is 13.9 Å². The maximum atomic E-state index is 13.7. The van der Waals surface area contributed by atoms with Gasteiger partial charge in [0.2, 0.25) is 5.76 Å². The lowest BCUT2D eigenvalue weighted by molar-refractivity contribution is 0.0971. The topological polar surface area (TPSA) is 59.8 Å². The summed E-state index contributed by atoms with van der Waals surface area (Å²) in [6.45, 7) is 4.67. The minimum atomic E-state index is -0.670. The molecule has 0 spiro atoms. The molecule has 1 aliphatic rings. The number of carbonyl (C=O) groups is 1. The number of halogens is 1. The van der Waals surface area contributed by atoms with E-state index < -0.39 is 6.04 Å². The number of rotatable bonds is 7. The van der Waals surface area contributed by atoms with Crippen molar-refractivity contribution in [1.82, 2.24) is 0 Å². The molecule has 1 unspecified atom stereocenters. The van der Waals surface area contributed by atoms with E-state index in [0.717, 1.165) is 30.4 Å². The average Bonchev–Trinajstić information content (AvgIpc) is 3.16. The Balaban J connectivity index is 1.67. The number of hydrogen-bond donors (Lipinski definition) is 0. The summed E-state index contributed by atoms with van der Waals surface area (Å²) in [4.78, 5) is 29.0. The molecule has 5 nitrogen and oxygen atoms in total. The predicted molar refractivity (Wildman–Crippen MR) is 139 cm³/mol. The molecule has 1 aromatic heterocycles. The molecule has 0 saturated heterocycles. The number of para-hydroxylation sites is 1. The summed E-state index contributed by atoms with van der Waals surface area (Å²) < 4.78 is 12.0. The molecule has 5 rings (SSSR count). The first-order chi connectivity index (χ1) is 17.0.